The van der Waals surface area contributed by atoms with Crippen molar-refractivity contribution in [1.82, 2.24) is 4.98 Å². The van der Waals surface area contributed by atoms with Crippen molar-refractivity contribution in [1.29, 1.82) is 0 Å². The fourth-order valence-corrected chi connectivity index (χ4v) is 2.85. The molecule has 0 saturated carbocycles. The van der Waals surface area contributed by atoms with Crippen molar-refractivity contribution in [2.24, 2.45) is 0 Å². The second-order valence-electron chi connectivity index (χ2n) is 5.58. The van der Waals surface area contributed by atoms with E-state index in [9.17, 15) is 0 Å². The average molecular weight is 294 g/mol. The molecule has 4 rings (SSSR count). The van der Waals surface area contributed by atoms with E-state index in [2.05, 4.69) is 9.88 Å². The zero-order chi connectivity index (χ0) is 14.8. The van der Waals surface area contributed by atoms with Crippen LogP contribution in [-0.2, 0) is 0 Å². The smallest absolute Gasteiger partial charge is 0.298 e. The Kier molecular flexibility index (Phi) is 3.43. The Morgan fingerprint density at radius 3 is 2.45 bits per heavy atom. The lowest BCUT2D eigenvalue weighted by molar-refractivity contribution is 0.169. The van der Waals surface area contributed by atoms with Crippen molar-refractivity contribution in [2.75, 3.05) is 18.0 Å². The van der Waals surface area contributed by atoms with Gasteiger partial charge in [0.05, 0.1) is 0 Å². The average Bonchev–Trinajstić information content (AvgIpc) is 3.00. The van der Waals surface area contributed by atoms with E-state index in [1.165, 1.54) is 0 Å². The maximum atomic E-state index is 6.02. The Labute approximate surface area is 129 Å². The van der Waals surface area contributed by atoms with Gasteiger partial charge in [-0.15, -0.1) is 0 Å². The minimum Gasteiger partial charge on any atom is -0.490 e. The van der Waals surface area contributed by atoms with Crippen molar-refractivity contribution in [3.63, 3.8) is 0 Å². The number of oxazole rings is 1. The quantitative estimate of drug-likeness (QED) is 0.735. The Morgan fingerprint density at radius 1 is 0.955 bits per heavy atom. The number of ether oxygens (including phenoxy) is 1. The van der Waals surface area contributed by atoms with Crippen molar-refractivity contribution in [3.05, 3.63) is 54.6 Å². The molecule has 3 aromatic rings. The highest BCUT2D eigenvalue weighted by molar-refractivity contribution is 5.74. The second-order valence-corrected chi connectivity index (χ2v) is 5.58. The predicted octanol–water partition coefficient (Wildman–Crippen LogP) is 3.88. The third-order valence-corrected chi connectivity index (χ3v) is 4.04. The summed E-state index contributed by atoms with van der Waals surface area (Å²) in [4.78, 5) is 6.76. The summed E-state index contributed by atoms with van der Waals surface area (Å²) in [7, 11) is 0. The van der Waals surface area contributed by atoms with Gasteiger partial charge in [-0.2, -0.15) is 4.98 Å². The molecule has 0 atom stereocenters. The second kappa shape index (κ2) is 5.72. The van der Waals surface area contributed by atoms with Crippen LogP contribution < -0.4 is 9.64 Å². The van der Waals surface area contributed by atoms with E-state index in [1.54, 1.807) is 0 Å². The number of para-hydroxylation sites is 3. The van der Waals surface area contributed by atoms with Crippen LogP contribution in [0, 0.1) is 0 Å². The Bertz CT molecular complexity index is 713. The van der Waals surface area contributed by atoms with E-state index in [0.29, 0.717) is 0 Å². The van der Waals surface area contributed by atoms with Crippen LogP contribution in [-0.4, -0.2) is 24.2 Å². The molecule has 2 heterocycles. The van der Waals surface area contributed by atoms with E-state index in [1.807, 2.05) is 54.6 Å². The molecule has 0 spiro atoms. The lowest BCUT2D eigenvalue weighted by Crippen LogP contribution is -2.38. The number of fused-ring (bicyclic) bond motifs is 1. The van der Waals surface area contributed by atoms with Gasteiger partial charge < -0.3 is 14.1 Å². The Hall–Kier alpha value is -2.49. The largest absolute Gasteiger partial charge is 0.490 e. The molecular formula is C18H18N2O2. The van der Waals surface area contributed by atoms with E-state index >= 15 is 0 Å². The number of aromatic nitrogens is 1. The Morgan fingerprint density at radius 2 is 1.68 bits per heavy atom. The number of benzene rings is 2. The first-order chi connectivity index (χ1) is 10.9. The highest BCUT2D eigenvalue weighted by Gasteiger charge is 2.23. The summed E-state index contributed by atoms with van der Waals surface area (Å²) in [5.74, 6) is 0.947. The maximum Gasteiger partial charge on any atom is 0.298 e. The number of hydrogen-bond donors (Lipinski definition) is 0. The summed E-state index contributed by atoms with van der Waals surface area (Å²) < 4.78 is 11.9. The minimum atomic E-state index is 0.267. The standard InChI is InChI=1S/C18H18N2O2/c1-2-6-14(7-3-1)21-15-10-12-20(13-11-15)18-19-16-8-4-5-9-17(16)22-18/h1-9,15H,10-13H2. The number of hydrogen-bond acceptors (Lipinski definition) is 4. The summed E-state index contributed by atoms with van der Waals surface area (Å²) in [6.45, 7) is 1.81. The van der Waals surface area contributed by atoms with Gasteiger partial charge in [0.15, 0.2) is 5.58 Å². The minimum absolute atomic E-state index is 0.267. The van der Waals surface area contributed by atoms with Crippen LogP contribution in [0.2, 0.25) is 0 Å². The van der Waals surface area contributed by atoms with Gasteiger partial charge in [-0.1, -0.05) is 30.3 Å². The van der Waals surface area contributed by atoms with Crippen molar-refractivity contribution >= 4 is 17.1 Å². The van der Waals surface area contributed by atoms with Gasteiger partial charge in [-0.25, -0.2) is 0 Å². The third-order valence-electron chi connectivity index (χ3n) is 4.04. The van der Waals surface area contributed by atoms with Crippen LogP contribution in [0.3, 0.4) is 0 Å². The fourth-order valence-electron chi connectivity index (χ4n) is 2.85. The van der Waals surface area contributed by atoms with Gasteiger partial charge in [0, 0.05) is 25.9 Å². The van der Waals surface area contributed by atoms with Crippen LogP contribution in [0.4, 0.5) is 6.01 Å². The molecule has 0 amide bonds. The SMILES string of the molecule is c1ccc(OC2CCN(c3nc4ccccc4o3)CC2)cc1. The van der Waals surface area contributed by atoms with Crippen LogP contribution >= 0.6 is 0 Å². The molecular weight excluding hydrogens is 276 g/mol. The van der Waals surface area contributed by atoms with Crippen molar-refractivity contribution in [2.45, 2.75) is 18.9 Å². The van der Waals surface area contributed by atoms with Gasteiger partial charge in [0.2, 0.25) is 0 Å². The first kappa shape index (κ1) is 13.2. The highest BCUT2D eigenvalue weighted by atomic mass is 16.5. The summed E-state index contributed by atoms with van der Waals surface area (Å²) in [5.41, 5.74) is 1.76. The molecule has 0 bridgehead atoms. The number of anilines is 1. The van der Waals surface area contributed by atoms with Gasteiger partial charge >= 0.3 is 0 Å². The molecule has 0 unspecified atom stereocenters. The van der Waals surface area contributed by atoms with Crippen molar-refractivity contribution < 1.29 is 9.15 Å². The summed E-state index contributed by atoms with van der Waals surface area (Å²) >= 11 is 0. The van der Waals surface area contributed by atoms with E-state index in [-0.39, 0.29) is 6.10 Å². The molecule has 4 heteroatoms. The first-order valence-corrected chi connectivity index (χ1v) is 7.71. The maximum absolute atomic E-state index is 6.02. The zero-order valence-electron chi connectivity index (χ0n) is 12.3. The molecule has 4 nitrogen and oxygen atoms in total. The van der Waals surface area contributed by atoms with E-state index in [4.69, 9.17) is 9.15 Å². The van der Waals surface area contributed by atoms with Crippen LogP contribution in [0.1, 0.15) is 12.8 Å². The summed E-state index contributed by atoms with van der Waals surface area (Å²) in [6.07, 6.45) is 2.23. The molecule has 1 aromatic heterocycles. The molecule has 1 aliphatic heterocycles. The van der Waals surface area contributed by atoms with Gasteiger partial charge in [-0.05, 0) is 24.3 Å². The predicted molar refractivity (Wildman–Crippen MR) is 86.3 cm³/mol. The van der Waals surface area contributed by atoms with E-state index < -0.39 is 0 Å². The molecule has 0 aliphatic carbocycles. The third kappa shape index (κ3) is 2.64. The topological polar surface area (TPSA) is 38.5 Å². The summed E-state index contributed by atoms with van der Waals surface area (Å²) in [6, 6.07) is 18.6. The lowest BCUT2D eigenvalue weighted by Gasteiger charge is -2.31. The van der Waals surface area contributed by atoms with Gasteiger partial charge in [0.25, 0.3) is 6.01 Å². The normalized spacial score (nSPS) is 16.1. The molecule has 0 radical (unpaired) electrons. The van der Waals surface area contributed by atoms with Crippen LogP contribution in [0.5, 0.6) is 5.75 Å². The number of nitrogens with zero attached hydrogens (tertiary/aromatic N) is 2. The van der Waals surface area contributed by atoms with Crippen LogP contribution in [0.25, 0.3) is 11.1 Å². The van der Waals surface area contributed by atoms with Crippen LogP contribution in [0.15, 0.2) is 59.0 Å². The first-order valence-electron chi connectivity index (χ1n) is 7.71. The van der Waals surface area contributed by atoms with E-state index in [0.717, 1.165) is 48.8 Å². The molecule has 1 fully saturated rings. The molecule has 2 aromatic carbocycles. The Balaban J connectivity index is 1.41. The molecule has 112 valence electrons. The van der Waals surface area contributed by atoms with Gasteiger partial charge in [-0.3, -0.25) is 0 Å². The fraction of sp³-hybridized carbons (Fsp3) is 0.278. The number of rotatable bonds is 3. The highest BCUT2D eigenvalue weighted by Crippen LogP contribution is 2.25. The molecule has 1 aliphatic rings. The molecule has 0 N–H and O–H groups in total. The van der Waals surface area contributed by atoms with Gasteiger partial charge in [0.1, 0.15) is 17.4 Å². The zero-order valence-corrected chi connectivity index (χ0v) is 12.3. The van der Waals surface area contributed by atoms with Crippen molar-refractivity contribution in [3.8, 4) is 5.75 Å². The monoisotopic (exact) mass is 294 g/mol. The number of piperidine rings is 1. The summed E-state index contributed by atoms with van der Waals surface area (Å²) in [5, 5.41) is 0. The molecule has 22 heavy (non-hydrogen) atoms. The molecule has 1 saturated heterocycles. The lowest BCUT2D eigenvalue weighted by atomic mass is 10.1.